The highest BCUT2D eigenvalue weighted by molar-refractivity contribution is 5.96. The minimum absolute atomic E-state index is 0.276. The van der Waals surface area contributed by atoms with Crippen molar-refractivity contribution in [2.75, 3.05) is 6.54 Å². The molecule has 0 aliphatic carbocycles. The van der Waals surface area contributed by atoms with E-state index in [0.29, 0.717) is 37.4 Å². The summed E-state index contributed by atoms with van der Waals surface area (Å²) in [4.78, 5) is 40.0. The average Bonchev–Trinajstić information content (AvgIpc) is 3.18. The standard InChI is InChI=1S/C22H31N5O5/c1-22(2,3)32-21(31)27-12-11-25-18(27)14-24-13-15-6-8-16(9-7-15)19(28)26-17(20(29)30)5-4-10-23/h6-9,11-12,17,24H,4-5,10,13-14,23H2,1-3H3,(H,26,28)(H,29,30)/t17-/m0/s1. The van der Waals surface area contributed by atoms with Crippen LogP contribution in [-0.4, -0.2) is 50.8 Å². The van der Waals surface area contributed by atoms with E-state index in [9.17, 15) is 19.5 Å². The summed E-state index contributed by atoms with van der Waals surface area (Å²) in [6, 6.07) is 5.85. The van der Waals surface area contributed by atoms with Gasteiger partial charge in [0.05, 0.1) is 6.54 Å². The topological polar surface area (TPSA) is 149 Å². The number of carboxylic acid groups (broad SMARTS) is 1. The molecule has 1 amide bonds. The molecule has 0 spiro atoms. The van der Waals surface area contributed by atoms with Crippen LogP contribution >= 0.6 is 0 Å². The highest BCUT2D eigenvalue weighted by Gasteiger charge is 2.21. The Morgan fingerprint density at radius 1 is 1.19 bits per heavy atom. The Labute approximate surface area is 187 Å². The lowest BCUT2D eigenvalue weighted by Crippen LogP contribution is -2.41. The highest BCUT2D eigenvalue weighted by atomic mass is 16.6. The molecule has 1 atom stereocenters. The van der Waals surface area contributed by atoms with Gasteiger partial charge in [-0.2, -0.15) is 0 Å². The number of nitrogens with one attached hydrogen (secondary N) is 2. The number of carbonyl (C=O) groups is 3. The third-order valence-electron chi connectivity index (χ3n) is 4.44. The van der Waals surface area contributed by atoms with Gasteiger partial charge in [-0.05, 0) is 57.9 Å². The number of benzene rings is 1. The molecule has 10 nitrogen and oxygen atoms in total. The van der Waals surface area contributed by atoms with Crippen LogP contribution in [0.3, 0.4) is 0 Å². The SMILES string of the molecule is CC(C)(C)OC(=O)n1ccnc1CNCc1ccc(C(=O)N[C@@H](CCCN)C(=O)O)cc1. The van der Waals surface area contributed by atoms with Gasteiger partial charge in [-0.15, -0.1) is 0 Å². The Hall–Kier alpha value is -3.24. The van der Waals surface area contributed by atoms with Crippen molar-refractivity contribution in [1.29, 1.82) is 0 Å². The summed E-state index contributed by atoms with van der Waals surface area (Å²) in [5, 5.41) is 14.9. The normalized spacial score (nSPS) is 12.2. The van der Waals surface area contributed by atoms with Crippen molar-refractivity contribution in [3.63, 3.8) is 0 Å². The number of carbonyl (C=O) groups excluding carboxylic acids is 2. The van der Waals surface area contributed by atoms with E-state index in [1.54, 1.807) is 51.2 Å². The van der Waals surface area contributed by atoms with E-state index < -0.39 is 29.6 Å². The molecule has 0 unspecified atom stereocenters. The molecule has 0 aliphatic rings. The Morgan fingerprint density at radius 3 is 2.47 bits per heavy atom. The van der Waals surface area contributed by atoms with Gasteiger partial charge in [-0.3, -0.25) is 4.79 Å². The molecule has 1 aromatic carbocycles. The van der Waals surface area contributed by atoms with Gasteiger partial charge < -0.3 is 26.2 Å². The van der Waals surface area contributed by atoms with Gasteiger partial charge in [0, 0.05) is 24.5 Å². The van der Waals surface area contributed by atoms with Crippen LogP contribution in [0.15, 0.2) is 36.7 Å². The lowest BCUT2D eigenvalue weighted by molar-refractivity contribution is -0.139. The van der Waals surface area contributed by atoms with Crippen molar-refractivity contribution in [3.05, 3.63) is 53.6 Å². The van der Waals surface area contributed by atoms with E-state index in [1.807, 2.05) is 0 Å². The van der Waals surface area contributed by atoms with Gasteiger partial charge in [0.15, 0.2) is 0 Å². The maximum atomic E-state index is 12.3. The fourth-order valence-corrected chi connectivity index (χ4v) is 2.86. The number of aromatic nitrogens is 2. The summed E-state index contributed by atoms with van der Waals surface area (Å²) in [7, 11) is 0. The first-order chi connectivity index (χ1) is 15.1. The van der Waals surface area contributed by atoms with Crippen LogP contribution in [-0.2, 0) is 22.6 Å². The second-order valence-corrected chi connectivity index (χ2v) is 8.29. The number of ether oxygens (including phenoxy) is 1. The summed E-state index contributed by atoms with van der Waals surface area (Å²) in [6.45, 7) is 6.58. The largest absolute Gasteiger partial charge is 0.480 e. The molecule has 0 aliphatic heterocycles. The van der Waals surface area contributed by atoms with E-state index >= 15 is 0 Å². The van der Waals surface area contributed by atoms with Crippen LogP contribution in [0.2, 0.25) is 0 Å². The van der Waals surface area contributed by atoms with Crippen molar-refractivity contribution in [1.82, 2.24) is 20.2 Å². The van der Waals surface area contributed by atoms with Gasteiger partial charge in [-0.1, -0.05) is 12.1 Å². The predicted molar refractivity (Wildman–Crippen MR) is 118 cm³/mol. The first-order valence-electron chi connectivity index (χ1n) is 10.4. The molecule has 0 radical (unpaired) electrons. The molecule has 5 N–H and O–H groups in total. The third-order valence-corrected chi connectivity index (χ3v) is 4.44. The molecule has 0 saturated heterocycles. The van der Waals surface area contributed by atoms with E-state index in [4.69, 9.17) is 10.5 Å². The Balaban J connectivity index is 1.89. The van der Waals surface area contributed by atoms with Crippen LogP contribution in [0.25, 0.3) is 0 Å². The van der Waals surface area contributed by atoms with Crippen molar-refractivity contribution < 1.29 is 24.2 Å². The van der Waals surface area contributed by atoms with Gasteiger partial charge in [0.2, 0.25) is 0 Å². The second-order valence-electron chi connectivity index (χ2n) is 8.29. The maximum absolute atomic E-state index is 12.3. The van der Waals surface area contributed by atoms with E-state index in [1.165, 1.54) is 10.8 Å². The molecule has 10 heteroatoms. The Morgan fingerprint density at radius 2 is 1.88 bits per heavy atom. The van der Waals surface area contributed by atoms with Crippen LogP contribution in [0.1, 0.15) is 55.4 Å². The smallest absolute Gasteiger partial charge is 0.420 e. The molecule has 0 fully saturated rings. The number of aliphatic carboxylic acids is 1. The zero-order valence-corrected chi connectivity index (χ0v) is 18.6. The van der Waals surface area contributed by atoms with Crippen LogP contribution < -0.4 is 16.4 Å². The van der Waals surface area contributed by atoms with E-state index in [0.717, 1.165) is 5.56 Å². The summed E-state index contributed by atoms with van der Waals surface area (Å²) >= 11 is 0. The zero-order valence-electron chi connectivity index (χ0n) is 18.6. The first kappa shape index (κ1) is 25.0. The average molecular weight is 446 g/mol. The molecule has 0 bridgehead atoms. The molecule has 174 valence electrons. The van der Waals surface area contributed by atoms with Gasteiger partial charge in [-0.25, -0.2) is 19.1 Å². The van der Waals surface area contributed by atoms with Gasteiger partial charge in [0.1, 0.15) is 17.5 Å². The summed E-state index contributed by atoms with van der Waals surface area (Å²) in [5.74, 6) is -1.02. The maximum Gasteiger partial charge on any atom is 0.420 e. The Kier molecular flexibility index (Phi) is 8.91. The number of amides is 1. The number of nitrogens with two attached hydrogens (primary N) is 1. The fraction of sp³-hybridized carbons (Fsp3) is 0.455. The predicted octanol–water partition coefficient (Wildman–Crippen LogP) is 1.88. The minimum Gasteiger partial charge on any atom is -0.480 e. The van der Waals surface area contributed by atoms with E-state index in [-0.39, 0.29) is 6.42 Å². The molecule has 2 aromatic rings. The van der Waals surface area contributed by atoms with Crippen molar-refractivity contribution in [2.24, 2.45) is 5.73 Å². The summed E-state index contributed by atoms with van der Waals surface area (Å²) in [6.07, 6.45) is 3.38. The number of hydrogen-bond acceptors (Lipinski definition) is 7. The lowest BCUT2D eigenvalue weighted by atomic mass is 10.1. The van der Waals surface area contributed by atoms with Crippen LogP contribution in [0.5, 0.6) is 0 Å². The number of nitrogens with zero attached hydrogens (tertiary/aromatic N) is 2. The van der Waals surface area contributed by atoms with Crippen molar-refractivity contribution in [2.45, 2.75) is 58.3 Å². The molecule has 1 heterocycles. The van der Waals surface area contributed by atoms with Crippen LogP contribution in [0.4, 0.5) is 4.79 Å². The van der Waals surface area contributed by atoms with Crippen molar-refractivity contribution >= 4 is 18.0 Å². The summed E-state index contributed by atoms with van der Waals surface area (Å²) in [5.41, 5.74) is 6.09. The number of rotatable bonds is 10. The van der Waals surface area contributed by atoms with Crippen molar-refractivity contribution in [3.8, 4) is 0 Å². The monoisotopic (exact) mass is 445 g/mol. The molecule has 1 aromatic heterocycles. The molecule has 2 rings (SSSR count). The highest BCUT2D eigenvalue weighted by Crippen LogP contribution is 2.11. The molecular formula is C22H31N5O5. The van der Waals surface area contributed by atoms with Crippen LogP contribution in [0, 0.1) is 0 Å². The second kappa shape index (κ2) is 11.4. The summed E-state index contributed by atoms with van der Waals surface area (Å²) < 4.78 is 6.72. The van der Waals surface area contributed by atoms with Gasteiger partial charge >= 0.3 is 12.1 Å². The molecule has 0 saturated carbocycles. The van der Waals surface area contributed by atoms with E-state index in [2.05, 4.69) is 15.6 Å². The number of hydrogen-bond donors (Lipinski definition) is 4. The molecule has 32 heavy (non-hydrogen) atoms. The molecular weight excluding hydrogens is 414 g/mol. The van der Waals surface area contributed by atoms with Gasteiger partial charge in [0.25, 0.3) is 5.91 Å². The fourth-order valence-electron chi connectivity index (χ4n) is 2.86. The lowest BCUT2D eigenvalue weighted by Gasteiger charge is -2.20. The third kappa shape index (κ3) is 7.78. The zero-order chi connectivity index (χ0) is 23.7. The first-order valence-corrected chi connectivity index (χ1v) is 10.4. The number of imidazole rings is 1. The number of carboxylic acids is 1. The quantitative estimate of drug-likeness (QED) is 0.433. The Bertz CT molecular complexity index is 918. The minimum atomic E-state index is -1.09.